The molecule has 18 heavy (non-hydrogen) atoms. The lowest BCUT2D eigenvalue weighted by Crippen LogP contribution is -2.02. The Morgan fingerprint density at radius 2 is 1.94 bits per heavy atom. The fraction of sp³-hybridized carbons (Fsp3) is 0.250. The van der Waals surface area contributed by atoms with E-state index in [9.17, 15) is 13.2 Å². The summed E-state index contributed by atoms with van der Waals surface area (Å²) < 4.78 is 40.0. The maximum absolute atomic E-state index is 13.7. The summed E-state index contributed by atoms with van der Waals surface area (Å²) in [6, 6.07) is 1.53. The van der Waals surface area contributed by atoms with Crippen LogP contribution in [-0.2, 0) is 0 Å². The van der Waals surface area contributed by atoms with E-state index in [4.69, 9.17) is 5.73 Å². The van der Waals surface area contributed by atoms with E-state index in [1.807, 2.05) is 0 Å². The number of nitrogens with zero attached hydrogens (tertiary/aromatic N) is 1. The summed E-state index contributed by atoms with van der Waals surface area (Å²) in [5, 5.41) is 0.353. The molecule has 0 aliphatic carbocycles. The molecule has 0 saturated carbocycles. The molecule has 0 aliphatic rings. The van der Waals surface area contributed by atoms with Crippen LogP contribution in [0, 0.1) is 24.4 Å². The van der Waals surface area contributed by atoms with Gasteiger partial charge in [-0.1, -0.05) is 6.92 Å². The highest BCUT2D eigenvalue weighted by atomic mass is 32.1. The topological polar surface area (TPSA) is 38.9 Å². The summed E-state index contributed by atoms with van der Waals surface area (Å²) in [7, 11) is 0. The predicted octanol–water partition coefficient (Wildman–Crippen LogP) is 3.60. The van der Waals surface area contributed by atoms with Crippen molar-refractivity contribution in [2.75, 3.05) is 5.73 Å². The summed E-state index contributed by atoms with van der Waals surface area (Å²) in [5.41, 5.74) is 6.18. The Morgan fingerprint density at radius 3 is 2.50 bits per heavy atom. The molecule has 0 saturated heterocycles. The van der Waals surface area contributed by atoms with Gasteiger partial charge in [0.25, 0.3) is 0 Å². The highest BCUT2D eigenvalue weighted by Crippen LogP contribution is 2.34. The minimum atomic E-state index is -1.19. The first-order valence-electron chi connectivity index (χ1n) is 5.27. The Morgan fingerprint density at radius 1 is 1.28 bits per heavy atom. The van der Waals surface area contributed by atoms with E-state index < -0.39 is 23.4 Å². The summed E-state index contributed by atoms with van der Waals surface area (Å²) in [6.45, 7) is 3.39. The first kappa shape index (κ1) is 12.9. The zero-order valence-corrected chi connectivity index (χ0v) is 10.6. The van der Waals surface area contributed by atoms with Crippen molar-refractivity contribution in [3.05, 3.63) is 45.7 Å². The third-order valence-corrected chi connectivity index (χ3v) is 3.90. The van der Waals surface area contributed by atoms with Crippen molar-refractivity contribution in [2.45, 2.75) is 19.8 Å². The van der Waals surface area contributed by atoms with Gasteiger partial charge in [0, 0.05) is 22.4 Å². The number of hydrogen-bond donors (Lipinski definition) is 1. The number of nitrogen functional groups attached to an aromatic ring is 1. The Hall–Kier alpha value is -1.56. The number of halogens is 3. The van der Waals surface area contributed by atoms with Crippen molar-refractivity contribution in [3.8, 4) is 0 Å². The van der Waals surface area contributed by atoms with E-state index >= 15 is 0 Å². The van der Waals surface area contributed by atoms with Gasteiger partial charge in [-0.15, -0.1) is 11.3 Å². The SMILES string of the molecule is Cc1nc(N)sc1C(C)c1cc(F)cc(F)c1F. The minimum absolute atomic E-state index is 0.0285. The number of anilines is 1. The van der Waals surface area contributed by atoms with Crippen LogP contribution in [-0.4, -0.2) is 4.98 Å². The third kappa shape index (κ3) is 2.20. The van der Waals surface area contributed by atoms with Gasteiger partial charge in [0.2, 0.25) is 0 Å². The van der Waals surface area contributed by atoms with Gasteiger partial charge in [0.1, 0.15) is 5.82 Å². The second-order valence-corrected chi connectivity index (χ2v) is 5.08. The quantitative estimate of drug-likeness (QED) is 0.848. The lowest BCUT2D eigenvalue weighted by atomic mass is 9.97. The Bertz CT molecular complexity index is 595. The molecule has 0 fully saturated rings. The van der Waals surface area contributed by atoms with Gasteiger partial charge in [-0.3, -0.25) is 0 Å². The van der Waals surface area contributed by atoms with E-state index in [-0.39, 0.29) is 5.56 Å². The van der Waals surface area contributed by atoms with Crippen LogP contribution in [0.25, 0.3) is 0 Å². The van der Waals surface area contributed by atoms with Crippen molar-refractivity contribution in [1.29, 1.82) is 0 Å². The number of thiazole rings is 1. The van der Waals surface area contributed by atoms with Crippen molar-refractivity contribution >= 4 is 16.5 Å². The van der Waals surface area contributed by atoms with Crippen molar-refractivity contribution in [1.82, 2.24) is 4.98 Å². The second-order valence-electron chi connectivity index (χ2n) is 4.01. The van der Waals surface area contributed by atoms with E-state index in [1.165, 1.54) is 11.3 Å². The molecule has 1 aromatic carbocycles. The molecule has 2 aromatic rings. The fourth-order valence-electron chi connectivity index (χ4n) is 1.86. The molecule has 0 spiro atoms. The van der Waals surface area contributed by atoms with Crippen LogP contribution in [0.1, 0.15) is 29.0 Å². The molecule has 6 heteroatoms. The van der Waals surface area contributed by atoms with Gasteiger partial charge in [-0.05, 0) is 13.0 Å². The third-order valence-electron chi connectivity index (χ3n) is 2.73. The van der Waals surface area contributed by atoms with Crippen LogP contribution >= 0.6 is 11.3 Å². The standard InChI is InChI=1S/C12H11F3N2S/c1-5(11-6(2)17-12(16)18-11)8-3-7(13)4-9(14)10(8)15/h3-5H,1-2H3,(H2,16,17). The first-order chi connectivity index (χ1) is 8.40. The minimum Gasteiger partial charge on any atom is -0.375 e. The van der Waals surface area contributed by atoms with Crippen LogP contribution in [0.3, 0.4) is 0 Å². The normalized spacial score (nSPS) is 12.7. The number of aromatic nitrogens is 1. The van der Waals surface area contributed by atoms with Crippen molar-refractivity contribution in [2.24, 2.45) is 0 Å². The highest BCUT2D eigenvalue weighted by Gasteiger charge is 2.21. The van der Waals surface area contributed by atoms with Gasteiger partial charge in [-0.2, -0.15) is 0 Å². The van der Waals surface area contributed by atoms with Gasteiger partial charge >= 0.3 is 0 Å². The van der Waals surface area contributed by atoms with Crippen molar-refractivity contribution in [3.63, 3.8) is 0 Å². The molecule has 2 nitrogen and oxygen atoms in total. The summed E-state index contributed by atoms with van der Waals surface area (Å²) in [4.78, 5) is 4.72. The molecule has 0 bridgehead atoms. The number of rotatable bonds is 2. The summed E-state index contributed by atoms with van der Waals surface area (Å²) in [5.74, 6) is -3.52. The van der Waals surface area contributed by atoms with Crippen LogP contribution in [0.2, 0.25) is 0 Å². The lowest BCUT2D eigenvalue weighted by molar-refractivity contribution is 0.482. The van der Waals surface area contributed by atoms with Gasteiger partial charge in [0.05, 0.1) is 5.69 Å². The number of aryl methyl sites for hydroxylation is 1. The second kappa shape index (κ2) is 4.61. The fourth-order valence-corrected chi connectivity index (χ4v) is 2.77. The van der Waals surface area contributed by atoms with Crippen LogP contribution in [0.4, 0.5) is 18.3 Å². The molecule has 1 atom stereocenters. The maximum atomic E-state index is 13.7. The van der Waals surface area contributed by atoms with Crippen LogP contribution in [0.15, 0.2) is 12.1 Å². The first-order valence-corrected chi connectivity index (χ1v) is 6.09. The number of nitrogens with two attached hydrogens (primary N) is 1. The molecule has 1 heterocycles. The monoisotopic (exact) mass is 272 g/mol. The van der Waals surface area contributed by atoms with E-state index in [2.05, 4.69) is 4.98 Å². The molecule has 1 unspecified atom stereocenters. The molecule has 96 valence electrons. The largest absolute Gasteiger partial charge is 0.375 e. The number of hydrogen-bond acceptors (Lipinski definition) is 3. The average Bonchev–Trinajstić information content (AvgIpc) is 2.62. The van der Waals surface area contributed by atoms with Gasteiger partial charge < -0.3 is 5.73 Å². The van der Waals surface area contributed by atoms with Gasteiger partial charge in [0.15, 0.2) is 16.8 Å². The smallest absolute Gasteiger partial charge is 0.180 e. The highest BCUT2D eigenvalue weighted by molar-refractivity contribution is 7.15. The van der Waals surface area contributed by atoms with Crippen LogP contribution in [0.5, 0.6) is 0 Å². The molecule has 1 aromatic heterocycles. The molecule has 0 radical (unpaired) electrons. The number of benzene rings is 1. The Labute approximate surface area is 106 Å². The van der Waals surface area contributed by atoms with Crippen molar-refractivity contribution < 1.29 is 13.2 Å². The summed E-state index contributed by atoms with van der Waals surface area (Å²) in [6.07, 6.45) is 0. The van der Waals surface area contributed by atoms with E-state index in [0.29, 0.717) is 21.8 Å². The molecular formula is C12H11F3N2S. The zero-order chi connectivity index (χ0) is 13.4. The average molecular weight is 272 g/mol. The van der Waals surface area contributed by atoms with E-state index in [1.54, 1.807) is 13.8 Å². The molecule has 0 aliphatic heterocycles. The Kier molecular flexibility index (Phi) is 3.30. The zero-order valence-electron chi connectivity index (χ0n) is 9.80. The molecule has 2 rings (SSSR count). The van der Waals surface area contributed by atoms with Gasteiger partial charge in [-0.25, -0.2) is 18.2 Å². The predicted molar refractivity (Wildman–Crippen MR) is 65.1 cm³/mol. The lowest BCUT2D eigenvalue weighted by Gasteiger charge is -2.12. The molecule has 2 N–H and O–H groups in total. The maximum Gasteiger partial charge on any atom is 0.180 e. The molecular weight excluding hydrogens is 261 g/mol. The molecule has 0 amide bonds. The van der Waals surface area contributed by atoms with E-state index in [0.717, 1.165) is 6.07 Å². The Balaban J connectivity index is 2.52. The summed E-state index contributed by atoms with van der Waals surface area (Å²) >= 11 is 1.19. The van der Waals surface area contributed by atoms with Crippen LogP contribution < -0.4 is 5.73 Å².